The smallest absolute Gasteiger partial charge is 0.369 e. The fraction of sp³-hybridized carbons (Fsp3) is 0.294. The second kappa shape index (κ2) is 7.98. The maximum atomic E-state index is 13.4. The minimum atomic E-state index is -6.23. The summed E-state index contributed by atoms with van der Waals surface area (Å²) in [6, 6.07) is 3.21. The molecule has 0 saturated carbocycles. The zero-order chi connectivity index (χ0) is 23.9. The first-order chi connectivity index (χ1) is 13.9. The van der Waals surface area contributed by atoms with Crippen LogP contribution >= 0.6 is 0 Å². The minimum Gasteiger partial charge on any atom is -0.369 e. The van der Waals surface area contributed by atoms with Crippen LogP contribution in [0.5, 0.6) is 0 Å². The monoisotopic (exact) mass is 481 g/mol. The molecule has 2 aromatic rings. The van der Waals surface area contributed by atoms with Gasteiger partial charge in [0.15, 0.2) is 0 Å². The first-order valence-corrected chi connectivity index (χ1v) is 9.50. The van der Waals surface area contributed by atoms with Gasteiger partial charge in [-0.05, 0) is 17.7 Å². The largest absolute Gasteiger partial charge is 0.430 e. The second-order valence-electron chi connectivity index (χ2n) is 6.24. The van der Waals surface area contributed by atoms with E-state index in [2.05, 4.69) is 0 Å². The van der Waals surface area contributed by atoms with Crippen molar-refractivity contribution in [2.45, 2.75) is 35.1 Å². The standard InChI is InChI=1S/C17H12F9NO3S/c18-15(19,20)13(27-31(29,30)12-4-2-1-3-5-12)10-6-8-11(9-7-10)14(28,16(21,22)23)17(24,25)26/h1-9,13,27-28H. The summed E-state index contributed by atoms with van der Waals surface area (Å²) in [5, 5.41) is 9.30. The highest BCUT2D eigenvalue weighted by molar-refractivity contribution is 7.89. The van der Waals surface area contributed by atoms with Crippen LogP contribution in [-0.4, -0.2) is 32.1 Å². The van der Waals surface area contributed by atoms with E-state index < -0.39 is 56.2 Å². The van der Waals surface area contributed by atoms with Gasteiger partial charge in [0.05, 0.1) is 4.90 Å². The van der Waals surface area contributed by atoms with Crippen LogP contribution in [0.1, 0.15) is 17.2 Å². The summed E-state index contributed by atoms with van der Waals surface area (Å²) in [6.07, 6.45) is -17.8. The van der Waals surface area contributed by atoms with E-state index in [1.807, 2.05) is 0 Å². The number of rotatable bonds is 5. The Morgan fingerprint density at radius 2 is 1.19 bits per heavy atom. The predicted molar refractivity (Wildman–Crippen MR) is 88.0 cm³/mol. The lowest BCUT2D eigenvalue weighted by molar-refractivity contribution is -0.376. The van der Waals surface area contributed by atoms with E-state index in [0.717, 1.165) is 12.1 Å². The van der Waals surface area contributed by atoms with Gasteiger partial charge in [0.25, 0.3) is 5.60 Å². The fourth-order valence-corrected chi connectivity index (χ4v) is 3.78. The van der Waals surface area contributed by atoms with Gasteiger partial charge >= 0.3 is 18.5 Å². The molecule has 31 heavy (non-hydrogen) atoms. The number of nitrogens with one attached hydrogen (secondary N) is 1. The lowest BCUT2D eigenvalue weighted by Crippen LogP contribution is -2.53. The van der Waals surface area contributed by atoms with E-state index in [0.29, 0.717) is 0 Å². The molecule has 0 bridgehead atoms. The number of benzene rings is 2. The molecule has 1 atom stereocenters. The highest BCUT2D eigenvalue weighted by Crippen LogP contribution is 2.50. The third kappa shape index (κ3) is 4.96. The molecule has 0 aromatic heterocycles. The van der Waals surface area contributed by atoms with Crippen LogP contribution in [0.2, 0.25) is 0 Å². The topological polar surface area (TPSA) is 66.4 Å². The average molecular weight is 481 g/mol. The van der Waals surface area contributed by atoms with Gasteiger partial charge in [0.2, 0.25) is 10.0 Å². The van der Waals surface area contributed by atoms with Gasteiger partial charge in [-0.2, -0.15) is 44.2 Å². The van der Waals surface area contributed by atoms with Crippen LogP contribution in [0, 0.1) is 0 Å². The summed E-state index contributed by atoms with van der Waals surface area (Å²) in [5.74, 6) is 0. The molecule has 0 spiro atoms. The van der Waals surface area contributed by atoms with Crippen LogP contribution in [0.3, 0.4) is 0 Å². The van der Waals surface area contributed by atoms with Crippen LogP contribution in [0.25, 0.3) is 0 Å². The molecule has 0 saturated heterocycles. The maximum absolute atomic E-state index is 13.4. The Morgan fingerprint density at radius 1 is 0.742 bits per heavy atom. The molecule has 0 heterocycles. The van der Waals surface area contributed by atoms with Crippen molar-refractivity contribution >= 4 is 10.0 Å². The summed E-state index contributed by atoms with van der Waals surface area (Å²) in [5.41, 5.74) is -8.12. The molecule has 0 aliphatic rings. The summed E-state index contributed by atoms with van der Waals surface area (Å²) in [7, 11) is -4.76. The summed E-state index contributed by atoms with van der Waals surface area (Å²) in [6.45, 7) is 0. The number of hydrogen-bond acceptors (Lipinski definition) is 3. The second-order valence-corrected chi connectivity index (χ2v) is 7.95. The number of hydrogen-bond donors (Lipinski definition) is 2. The van der Waals surface area contributed by atoms with E-state index >= 15 is 0 Å². The lowest BCUT2D eigenvalue weighted by Gasteiger charge is -2.33. The normalized spacial score (nSPS) is 15.0. The predicted octanol–water partition coefficient (Wildman–Crippen LogP) is 4.58. The quantitative estimate of drug-likeness (QED) is 0.615. The SMILES string of the molecule is O=S(=O)(NC(c1ccc(C(O)(C(F)(F)F)C(F)(F)F)cc1)C(F)(F)F)c1ccccc1. The van der Waals surface area contributed by atoms with E-state index in [1.165, 1.54) is 22.9 Å². The first kappa shape index (κ1) is 24.9. The molecule has 0 fully saturated rings. The Labute approximate surface area is 169 Å². The van der Waals surface area contributed by atoms with Crippen molar-refractivity contribution in [1.82, 2.24) is 4.72 Å². The van der Waals surface area contributed by atoms with Gasteiger partial charge in [0, 0.05) is 5.56 Å². The van der Waals surface area contributed by atoms with Crippen molar-refractivity contribution in [3.05, 3.63) is 65.7 Å². The van der Waals surface area contributed by atoms with E-state index in [-0.39, 0.29) is 24.3 Å². The molecule has 1 unspecified atom stereocenters. The highest BCUT2D eigenvalue weighted by Gasteiger charge is 2.71. The molecular weight excluding hydrogens is 469 g/mol. The van der Waals surface area contributed by atoms with Gasteiger partial charge in [0.1, 0.15) is 6.04 Å². The Morgan fingerprint density at radius 3 is 1.58 bits per heavy atom. The van der Waals surface area contributed by atoms with Gasteiger partial charge < -0.3 is 5.11 Å². The molecular formula is C17H12F9NO3S. The third-order valence-corrected chi connectivity index (χ3v) is 5.57. The van der Waals surface area contributed by atoms with Crippen molar-refractivity contribution in [1.29, 1.82) is 0 Å². The average Bonchev–Trinajstić information content (AvgIpc) is 2.64. The molecule has 0 amide bonds. The molecule has 2 N–H and O–H groups in total. The number of alkyl halides is 9. The van der Waals surface area contributed by atoms with Crippen molar-refractivity contribution in [3.8, 4) is 0 Å². The van der Waals surface area contributed by atoms with Crippen molar-refractivity contribution < 1.29 is 53.0 Å². The van der Waals surface area contributed by atoms with E-state index in [9.17, 15) is 53.0 Å². The summed E-state index contributed by atoms with van der Waals surface area (Å²) >= 11 is 0. The maximum Gasteiger partial charge on any atom is 0.430 e. The van der Waals surface area contributed by atoms with Gasteiger partial charge in [-0.15, -0.1) is 0 Å². The molecule has 0 radical (unpaired) electrons. The van der Waals surface area contributed by atoms with Crippen LogP contribution in [0.4, 0.5) is 39.5 Å². The molecule has 172 valence electrons. The highest BCUT2D eigenvalue weighted by atomic mass is 32.2. The van der Waals surface area contributed by atoms with Crippen molar-refractivity contribution in [2.75, 3.05) is 0 Å². The fourth-order valence-electron chi connectivity index (χ4n) is 2.55. The molecule has 4 nitrogen and oxygen atoms in total. The van der Waals surface area contributed by atoms with Crippen LogP contribution in [-0.2, 0) is 15.6 Å². The lowest BCUT2D eigenvalue weighted by atomic mass is 9.91. The van der Waals surface area contributed by atoms with Crippen LogP contribution < -0.4 is 4.72 Å². The molecule has 0 aliphatic carbocycles. The Kier molecular flexibility index (Phi) is 6.42. The van der Waals surface area contributed by atoms with Crippen LogP contribution in [0.15, 0.2) is 59.5 Å². The Balaban J connectivity index is 2.50. The Bertz CT molecular complexity index is 984. The number of halogens is 9. The van der Waals surface area contributed by atoms with Gasteiger partial charge in [-0.3, -0.25) is 0 Å². The van der Waals surface area contributed by atoms with Crippen molar-refractivity contribution in [3.63, 3.8) is 0 Å². The number of sulfonamides is 1. The summed E-state index contributed by atoms with van der Waals surface area (Å²) in [4.78, 5) is -0.551. The Hall–Kier alpha value is -2.32. The first-order valence-electron chi connectivity index (χ1n) is 8.01. The molecule has 14 heteroatoms. The van der Waals surface area contributed by atoms with Crippen molar-refractivity contribution in [2.24, 2.45) is 0 Å². The van der Waals surface area contributed by atoms with Gasteiger partial charge in [-0.1, -0.05) is 42.5 Å². The van der Waals surface area contributed by atoms with Gasteiger partial charge in [-0.25, -0.2) is 8.42 Å². The van der Waals surface area contributed by atoms with E-state index in [4.69, 9.17) is 0 Å². The molecule has 2 aromatic carbocycles. The summed E-state index contributed by atoms with van der Waals surface area (Å²) < 4.78 is 143. The zero-order valence-electron chi connectivity index (χ0n) is 14.8. The zero-order valence-corrected chi connectivity index (χ0v) is 15.7. The third-order valence-electron chi connectivity index (χ3n) is 4.14. The minimum absolute atomic E-state index is 0.00807. The molecule has 2 rings (SSSR count). The van der Waals surface area contributed by atoms with E-state index in [1.54, 1.807) is 0 Å². The number of aliphatic hydroxyl groups is 1. The molecule has 0 aliphatic heterocycles.